The van der Waals surface area contributed by atoms with Crippen LogP contribution in [-0.2, 0) is 4.79 Å². The summed E-state index contributed by atoms with van der Waals surface area (Å²) in [5.41, 5.74) is 0. The zero-order chi connectivity index (χ0) is 11.8. The summed E-state index contributed by atoms with van der Waals surface area (Å²) >= 11 is 2.00. The molecule has 0 aromatic carbocycles. The van der Waals surface area contributed by atoms with Gasteiger partial charge in [-0.05, 0) is 25.6 Å². The first-order valence-corrected chi connectivity index (χ1v) is 7.36. The third-order valence-corrected chi connectivity index (χ3v) is 4.16. The Bertz CT molecular complexity index is 211. The summed E-state index contributed by atoms with van der Waals surface area (Å²) in [6.07, 6.45) is 4.36. The van der Waals surface area contributed by atoms with Crippen LogP contribution in [0.1, 0.15) is 32.6 Å². The molecule has 1 fully saturated rings. The minimum Gasteiger partial charge on any atom is -0.342 e. The van der Waals surface area contributed by atoms with Crippen LogP contribution in [0.15, 0.2) is 0 Å². The summed E-state index contributed by atoms with van der Waals surface area (Å²) in [5.74, 6) is 1.47. The third-order valence-electron chi connectivity index (χ3n) is 2.97. The Morgan fingerprint density at radius 3 is 3.00 bits per heavy atom. The van der Waals surface area contributed by atoms with Crippen LogP contribution in [0.25, 0.3) is 0 Å². The van der Waals surface area contributed by atoms with Gasteiger partial charge in [-0.25, -0.2) is 0 Å². The molecule has 1 unspecified atom stereocenters. The minimum absolute atomic E-state index is 0.318. The normalized spacial score (nSPS) is 21.9. The maximum absolute atomic E-state index is 11.9. The molecule has 1 amide bonds. The van der Waals surface area contributed by atoms with E-state index in [1.165, 1.54) is 19.3 Å². The summed E-state index contributed by atoms with van der Waals surface area (Å²) < 4.78 is 0. The molecule has 0 aliphatic carbocycles. The Morgan fingerprint density at radius 1 is 1.50 bits per heavy atom. The fourth-order valence-electron chi connectivity index (χ4n) is 2.09. The van der Waals surface area contributed by atoms with Crippen LogP contribution in [0.5, 0.6) is 0 Å². The Kier molecular flexibility index (Phi) is 6.88. The first-order valence-electron chi connectivity index (χ1n) is 6.32. The lowest BCUT2D eigenvalue weighted by Crippen LogP contribution is -2.36. The molecule has 0 radical (unpaired) electrons. The van der Waals surface area contributed by atoms with E-state index in [0.29, 0.717) is 17.6 Å². The summed E-state index contributed by atoms with van der Waals surface area (Å²) in [6.45, 7) is 4.91. The molecule has 1 atom stereocenters. The molecule has 16 heavy (non-hydrogen) atoms. The number of hydrogen-bond acceptors (Lipinski definition) is 3. The van der Waals surface area contributed by atoms with Crippen LogP contribution in [0.2, 0.25) is 0 Å². The van der Waals surface area contributed by atoms with Crippen LogP contribution in [0.4, 0.5) is 0 Å². The van der Waals surface area contributed by atoms with Gasteiger partial charge in [0.1, 0.15) is 0 Å². The van der Waals surface area contributed by atoms with Crippen molar-refractivity contribution >= 4 is 17.7 Å². The highest BCUT2D eigenvalue weighted by atomic mass is 32.2. The van der Waals surface area contributed by atoms with Crippen molar-refractivity contribution in [2.75, 3.05) is 32.4 Å². The molecule has 1 saturated heterocycles. The molecule has 1 aliphatic rings. The van der Waals surface area contributed by atoms with Crippen LogP contribution < -0.4 is 5.32 Å². The lowest BCUT2D eigenvalue weighted by atomic mass is 10.2. The second-order valence-electron chi connectivity index (χ2n) is 4.27. The Labute approximate surface area is 103 Å². The average molecular weight is 244 g/mol. The van der Waals surface area contributed by atoms with Gasteiger partial charge in [0.2, 0.25) is 5.91 Å². The molecule has 0 saturated carbocycles. The van der Waals surface area contributed by atoms with Crippen molar-refractivity contribution in [2.45, 2.75) is 37.9 Å². The number of thioether (sulfide) groups is 1. The number of carbonyl (C=O) groups excluding carboxylic acids is 1. The van der Waals surface area contributed by atoms with Gasteiger partial charge in [-0.1, -0.05) is 13.3 Å². The highest BCUT2D eigenvalue weighted by molar-refractivity contribution is 7.99. The van der Waals surface area contributed by atoms with E-state index in [9.17, 15) is 4.79 Å². The van der Waals surface area contributed by atoms with E-state index in [1.54, 1.807) is 0 Å². The topological polar surface area (TPSA) is 32.3 Å². The third kappa shape index (κ3) is 4.74. The predicted octanol–water partition coefficient (Wildman–Crippen LogP) is 1.73. The van der Waals surface area contributed by atoms with E-state index in [1.807, 2.05) is 18.8 Å². The van der Waals surface area contributed by atoms with Crippen molar-refractivity contribution in [3.05, 3.63) is 0 Å². The Hall–Kier alpha value is -0.220. The molecule has 0 bridgehead atoms. The number of carbonyl (C=O) groups is 1. The molecule has 0 aromatic heterocycles. The van der Waals surface area contributed by atoms with Gasteiger partial charge < -0.3 is 10.2 Å². The molecule has 4 heteroatoms. The molecule has 94 valence electrons. The van der Waals surface area contributed by atoms with Crippen molar-refractivity contribution < 1.29 is 4.79 Å². The summed E-state index contributed by atoms with van der Waals surface area (Å²) in [4.78, 5) is 14.0. The van der Waals surface area contributed by atoms with Gasteiger partial charge in [0.25, 0.3) is 0 Å². The number of nitrogens with zero attached hydrogens (tertiary/aromatic N) is 1. The van der Waals surface area contributed by atoms with Gasteiger partial charge in [0, 0.05) is 31.3 Å². The van der Waals surface area contributed by atoms with Gasteiger partial charge in [-0.3, -0.25) is 4.79 Å². The lowest BCUT2D eigenvalue weighted by molar-refractivity contribution is -0.130. The van der Waals surface area contributed by atoms with Crippen LogP contribution in [0.3, 0.4) is 0 Å². The molecule has 0 aromatic rings. The van der Waals surface area contributed by atoms with Crippen molar-refractivity contribution in [1.82, 2.24) is 10.2 Å². The first-order chi connectivity index (χ1) is 7.77. The monoisotopic (exact) mass is 244 g/mol. The zero-order valence-electron chi connectivity index (χ0n) is 10.5. The molecule has 1 N–H and O–H groups in total. The number of nitrogens with one attached hydrogen (secondary N) is 1. The molecule has 3 nitrogen and oxygen atoms in total. The fourth-order valence-corrected chi connectivity index (χ4v) is 3.18. The largest absolute Gasteiger partial charge is 0.342 e. The molecular formula is C12H24N2OS. The van der Waals surface area contributed by atoms with Crippen LogP contribution in [0, 0.1) is 0 Å². The molecule has 0 spiro atoms. The molecule has 1 heterocycles. The van der Waals surface area contributed by atoms with Crippen molar-refractivity contribution in [2.24, 2.45) is 0 Å². The quantitative estimate of drug-likeness (QED) is 0.799. The van der Waals surface area contributed by atoms with Gasteiger partial charge in [0.15, 0.2) is 0 Å². The zero-order valence-corrected chi connectivity index (χ0v) is 11.3. The summed E-state index contributed by atoms with van der Waals surface area (Å²) in [5, 5.41) is 3.70. The van der Waals surface area contributed by atoms with E-state index < -0.39 is 0 Å². The van der Waals surface area contributed by atoms with E-state index in [4.69, 9.17) is 0 Å². The SMILES string of the molecule is CCSC1CCCCN(C(=O)CCNC)C1. The van der Waals surface area contributed by atoms with Gasteiger partial charge in [-0.15, -0.1) is 0 Å². The Balaban J connectivity index is 2.41. The summed E-state index contributed by atoms with van der Waals surface area (Å²) in [6, 6.07) is 0. The van der Waals surface area contributed by atoms with Crippen molar-refractivity contribution in [3.8, 4) is 0 Å². The van der Waals surface area contributed by atoms with Gasteiger partial charge >= 0.3 is 0 Å². The second kappa shape index (κ2) is 7.96. The first kappa shape index (κ1) is 13.8. The highest BCUT2D eigenvalue weighted by Gasteiger charge is 2.21. The van der Waals surface area contributed by atoms with Crippen LogP contribution >= 0.6 is 11.8 Å². The van der Waals surface area contributed by atoms with E-state index >= 15 is 0 Å². The minimum atomic E-state index is 0.318. The smallest absolute Gasteiger partial charge is 0.223 e. The molecule has 1 rings (SSSR count). The van der Waals surface area contributed by atoms with Crippen molar-refractivity contribution in [1.29, 1.82) is 0 Å². The molecule has 1 aliphatic heterocycles. The fraction of sp³-hybridized carbons (Fsp3) is 0.917. The number of likely N-dealkylation sites (tertiary alicyclic amines) is 1. The maximum Gasteiger partial charge on any atom is 0.223 e. The lowest BCUT2D eigenvalue weighted by Gasteiger charge is -2.24. The van der Waals surface area contributed by atoms with Gasteiger partial charge in [0.05, 0.1) is 0 Å². The van der Waals surface area contributed by atoms with E-state index in [-0.39, 0.29) is 0 Å². The highest BCUT2D eigenvalue weighted by Crippen LogP contribution is 2.22. The van der Waals surface area contributed by atoms with Crippen LogP contribution in [-0.4, -0.2) is 48.5 Å². The van der Waals surface area contributed by atoms with E-state index in [2.05, 4.69) is 17.1 Å². The number of amides is 1. The van der Waals surface area contributed by atoms with E-state index in [0.717, 1.165) is 25.4 Å². The Morgan fingerprint density at radius 2 is 2.31 bits per heavy atom. The standard InChI is InChI=1S/C12H24N2OS/c1-3-16-11-6-4-5-9-14(10-11)12(15)7-8-13-2/h11,13H,3-10H2,1-2H3. The number of rotatable bonds is 5. The molecular weight excluding hydrogens is 220 g/mol. The summed E-state index contributed by atoms with van der Waals surface area (Å²) in [7, 11) is 1.89. The van der Waals surface area contributed by atoms with Crippen molar-refractivity contribution in [3.63, 3.8) is 0 Å². The second-order valence-corrected chi connectivity index (χ2v) is 5.84. The predicted molar refractivity (Wildman–Crippen MR) is 70.9 cm³/mol. The maximum atomic E-state index is 11.9. The average Bonchev–Trinajstić information content (AvgIpc) is 2.52. The van der Waals surface area contributed by atoms with Gasteiger partial charge in [-0.2, -0.15) is 11.8 Å². The number of hydrogen-bond donors (Lipinski definition) is 1.